The van der Waals surface area contributed by atoms with Crippen molar-refractivity contribution in [2.75, 3.05) is 18.2 Å². The van der Waals surface area contributed by atoms with Crippen molar-refractivity contribution in [3.05, 3.63) is 62.4 Å². The monoisotopic (exact) mass is 385 g/mol. The van der Waals surface area contributed by atoms with Crippen LogP contribution in [0.25, 0.3) is 5.69 Å². The predicted molar refractivity (Wildman–Crippen MR) is 109 cm³/mol. The smallest absolute Gasteiger partial charge is 0.269 e. The first-order valence-corrected chi connectivity index (χ1v) is 9.18. The Balaban J connectivity index is 2.03. The van der Waals surface area contributed by atoms with Crippen LogP contribution in [0.3, 0.4) is 0 Å². The molecule has 0 aliphatic heterocycles. The van der Waals surface area contributed by atoms with Gasteiger partial charge in [-0.1, -0.05) is 41.7 Å². The quantitative estimate of drug-likeness (QED) is 0.637. The third-order valence-electron chi connectivity index (χ3n) is 4.07. The van der Waals surface area contributed by atoms with Crippen molar-refractivity contribution in [2.45, 2.75) is 13.8 Å². The molecule has 3 aromatic rings. The molecule has 1 amide bonds. The first-order chi connectivity index (χ1) is 12.4. The fourth-order valence-corrected chi connectivity index (χ4v) is 4.08. The van der Waals surface area contributed by atoms with Crippen LogP contribution in [0.5, 0.6) is 5.75 Å². The Morgan fingerprint density at radius 1 is 1.15 bits per heavy atom. The van der Waals surface area contributed by atoms with E-state index in [1.807, 2.05) is 44.2 Å². The lowest BCUT2D eigenvalue weighted by Crippen LogP contribution is -2.14. The van der Waals surface area contributed by atoms with Crippen LogP contribution in [0.4, 0.5) is 11.5 Å². The number of nitrogens with zero attached hydrogens (tertiary/aromatic N) is 1. The lowest BCUT2D eigenvalue weighted by Gasteiger charge is -2.13. The molecule has 0 aliphatic carbocycles. The summed E-state index contributed by atoms with van der Waals surface area (Å²) in [6.07, 6.45) is 0. The molecule has 1 heterocycles. The largest absolute Gasteiger partial charge is 0.495 e. The van der Waals surface area contributed by atoms with Gasteiger partial charge in [-0.15, -0.1) is 0 Å². The van der Waals surface area contributed by atoms with Gasteiger partial charge in [-0.3, -0.25) is 9.36 Å². The summed E-state index contributed by atoms with van der Waals surface area (Å²) in [7, 11) is 1.56. The van der Waals surface area contributed by atoms with Crippen LogP contribution in [0, 0.1) is 17.8 Å². The second-order valence-electron chi connectivity index (χ2n) is 5.81. The molecule has 0 fully saturated rings. The van der Waals surface area contributed by atoms with Gasteiger partial charge in [0.2, 0.25) is 0 Å². The molecular weight excluding hydrogens is 366 g/mol. The number of para-hydroxylation sites is 3. The Hall–Kier alpha value is -2.64. The molecule has 0 atom stereocenters. The fourth-order valence-electron chi connectivity index (χ4n) is 2.84. The van der Waals surface area contributed by atoms with Crippen molar-refractivity contribution in [2.24, 2.45) is 0 Å². The summed E-state index contributed by atoms with van der Waals surface area (Å²) >= 11 is 6.68. The minimum absolute atomic E-state index is 0.312. The number of nitrogen functional groups attached to an aromatic ring is 1. The van der Waals surface area contributed by atoms with Crippen LogP contribution < -0.4 is 15.8 Å². The fraction of sp³-hybridized carbons (Fsp3) is 0.158. The van der Waals surface area contributed by atoms with E-state index in [-0.39, 0.29) is 5.91 Å². The lowest BCUT2D eigenvalue weighted by atomic mass is 10.1. The Morgan fingerprint density at radius 2 is 1.81 bits per heavy atom. The maximum Gasteiger partial charge on any atom is 0.269 e. The van der Waals surface area contributed by atoms with Gasteiger partial charge < -0.3 is 15.8 Å². The molecule has 1 aromatic heterocycles. The summed E-state index contributed by atoms with van der Waals surface area (Å²) in [6, 6.07) is 13.2. The third-order valence-corrected chi connectivity index (χ3v) is 5.46. The number of rotatable bonds is 4. The summed E-state index contributed by atoms with van der Waals surface area (Å²) in [5.41, 5.74) is 9.90. The molecule has 26 heavy (non-hydrogen) atoms. The van der Waals surface area contributed by atoms with Crippen molar-refractivity contribution in [3.63, 3.8) is 0 Å². The molecular formula is C19H19N3O2S2. The third kappa shape index (κ3) is 3.23. The standard InChI is InChI=1S/C19H19N3O2S2/c1-11-7-6-8-12(2)15(11)22-17(20)16(26-19(22)25)18(23)21-13-9-4-5-10-14(13)24-3/h4-10H,20H2,1-3H3,(H,21,23). The molecule has 3 rings (SSSR count). The van der Waals surface area contributed by atoms with Crippen molar-refractivity contribution in [1.29, 1.82) is 0 Å². The first kappa shape index (κ1) is 18.2. The minimum Gasteiger partial charge on any atom is -0.495 e. The molecule has 0 bridgehead atoms. The highest BCUT2D eigenvalue weighted by Gasteiger charge is 2.20. The number of carbonyl (C=O) groups is 1. The van der Waals surface area contributed by atoms with Gasteiger partial charge in [-0.2, -0.15) is 0 Å². The van der Waals surface area contributed by atoms with Crippen molar-refractivity contribution < 1.29 is 9.53 Å². The maximum atomic E-state index is 12.8. The number of amides is 1. The van der Waals surface area contributed by atoms with Crippen LogP contribution >= 0.6 is 23.6 Å². The molecule has 0 saturated carbocycles. The van der Waals surface area contributed by atoms with Crippen molar-refractivity contribution in [3.8, 4) is 11.4 Å². The second kappa shape index (κ2) is 7.31. The number of methoxy groups -OCH3 is 1. The molecule has 0 radical (unpaired) electrons. The average Bonchev–Trinajstić information content (AvgIpc) is 2.90. The van der Waals surface area contributed by atoms with E-state index in [0.29, 0.717) is 26.1 Å². The Kier molecular flexibility index (Phi) is 5.11. The van der Waals surface area contributed by atoms with Gasteiger partial charge in [0.15, 0.2) is 3.95 Å². The molecule has 0 spiro atoms. The second-order valence-corrected chi connectivity index (χ2v) is 7.46. The zero-order valence-electron chi connectivity index (χ0n) is 14.7. The number of benzene rings is 2. The zero-order valence-corrected chi connectivity index (χ0v) is 16.3. The average molecular weight is 386 g/mol. The van der Waals surface area contributed by atoms with Crippen LogP contribution in [-0.4, -0.2) is 17.6 Å². The summed E-state index contributed by atoms with van der Waals surface area (Å²) in [5, 5.41) is 2.85. The molecule has 7 heteroatoms. The van der Waals surface area contributed by atoms with Gasteiger partial charge in [0.25, 0.3) is 5.91 Å². The van der Waals surface area contributed by atoms with E-state index in [1.165, 1.54) is 11.3 Å². The molecule has 5 nitrogen and oxygen atoms in total. The van der Waals surface area contributed by atoms with Gasteiger partial charge in [0.05, 0.1) is 18.5 Å². The highest BCUT2D eigenvalue weighted by atomic mass is 32.1. The number of nitrogens with one attached hydrogen (secondary N) is 1. The normalized spacial score (nSPS) is 10.6. The Morgan fingerprint density at radius 3 is 2.46 bits per heavy atom. The number of hydrogen-bond donors (Lipinski definition) is 2. The Bertz CT molecular complexity index is 1020. The van der Waals surface area contributed by atoms with E-state index in [2.05, 4.69) is 5.32 Å². The molecule has 0 unspecified atom stereocenters. The zero-order chi connectivity index (χ0) is 18.8. The van der Waals surface area contributed by atoms with E-state index in [4.69, 9.17) is 22.7 Å². The number of anilines is 2. The number of aromatic nitrogens is 1. The summed E-state index contributed by atoms with van der Waals surface area (Å²) in [6.45, 7) is 3.99. The number of aryl methyl sites for hydroxylation is 2. The van der Waals surface area contributed by atoms with E-state index in [1.54, 1.807) is 23.8 Å². The van der Waals surface area contributed by atoms with Crippen LogP contribution in [0.15, 0.2) is 42.5 Å². The van der Waals surface area contributed by atoms with Crippen LogP contribution in [0.1, 0.15) is 20.8 Å². The van der Waals surface area contributed by atoms with Gasteiger partial charge in [0.1, 0.15) is 16.4 Å². The van der Waals surface area contributed by atoms with Gasteiger partial charge in [-0.05, 0) is 49.3 Å². The Labute approximate surface area is 161 Å². The van der Waals surface area contributed by atoms with E-state index >= 15 is 0 Å². The van der Waals surface area contributed by atoms with Crippen LogP contribution in [0.2, 0.25) is 0 Å². The topological polar surface area (TPSA) is 69.3 Å². The van der Waals surface area contributed by atoms with E-state index in [0.717, 1.165) is 16.8 Å². The van der Waals surface area contributed by atoms with Gasteiger partial charge >= 0.3 is 0 Å². The lowest BCUT2D eigenvalue weighted by molar-refractivity contribution is 0.103. The van der Waals surface area contributed by atoms with Crippen LogP contribution in [-0.2, 0) is 0 Å². The number of thiazole rings is 1. The molecule has 134 valence electrons. The van der Waals surface area contributed by atoms with Gasteiger partial charge in [0, 0.05) is 0 Å². The summed E-state index contributed by atoms with van der Waals surface area (Å²) < 4.78 is 7.57. The number of ether oxygens (including phenoxy) is 1. The highest BCUT2D eigenvalue weighted by molar-refractivity contribution is 7.73. The highest BCUT2D eigenvalue weighted by Crippen LogP contribution is 2.31. The number of hydrogen-bond acceptors (Lipinski definition) is 5. The van der Waals surface area contributed by atoms with E-state index in [9.17, 15) is 4.79 Å². The molecule has 3 N–H and O–H groups in total. The predicted octanol–water partition coefficient (Wildman–Crippen LogP) is 4.73. The number of carbonyl (C=O) groups excluding carboxylic acids is 1. The minimum atomic E-state index is -0.312. The number of nitrogens with two attached hydrogens (primary N) is 1. The summed E-state index contributed by atoms with van der Waals surface area (Å²) in [5.74, 6) is 0.607. The molecule has 0 saturated heterocycles. The summed E-state index contributed by atoms with van der Waals surface area (Å²) in [4.78, 5) is 13.2. The van der Waals surface area contributed by atoms with Crippen molar-refractivity contribution in [1.82, 2.24) is 4.57 Å². The maximum absolute atomic E-state index is 12.8. The SMILES string of the molecule is COc1ccccc1NC(=O)c1sc(=S)n(-c2c(C)cccc2C)c1N. The molecule has 0 aliphatic rings. The van der Waals surface area contributed by atoms with E-state index < -0.39 is 0 Å². The van der Waals surface area contributed by atoms with Gasteiger partial charge in [-0.25, -0.2) is 0 Å². The molecule has 2 aromatic carbocycles. The first-order valence-electron chi connectivity index (χ1n) is 7.96. The van der Waals surface area contributed by atoms with Crippen molar-refractivity contribution >= 4 is 41.0 Å².